The molecule has 1 aromatic heterocycles. The molecule has 0 aromatic carbocycles. The molecule has 19 heavy (non-hydrogen) atoms. The Balaban J connectivity index is 2.74. The van der Waals surface area contributed by atoms with Gasteiger partial charge in [0.1, 0.15) is 23.5 Å². The SMILES string of the molecule is CC(C)CCN(C)c1cc(NC(C)(C)C#N)ncn1. The summed E-state index contributed by atoms with van der Waals surface area (Å²) < 4.78 is 0. The van der Waals surface area contributed by atoms with Crippen molar-refractivity contribution in [2.24, 2.45) is 5.92 Å². The van der Waals surface area contributed by atoms with E-state index in [2.05, 4.69) is 40.1 Å². The average molecular weight is 261 g/mol. The maximum atomic E-state index is 9.01. The third-order valence-electron chi connectivity index (χ3n) is 2.81. The molecular formula is C14H23N5. The van der Waals surface area contributed by atoms with Crippen molar-refractivity contribution >= 4 is 11.6 Å². The predicted octanol–water partition coefficient (Wildman–Crippen LogP) is 2.67. The molecule has 5 nitrogen and oxygen atoms in total. The first-order valence-corrected chi connectivity index (χ1v) is 6.56. The van der Waals surface area contributed by atoms with Crippen LogP contribution in [0.3, 0.4) is 0 Å². The van der Waals surface area contributed by atoms with E-state index in [1.54, 1.807) is 0 Å². The van der Waals surface area contributed by atoms with Crippen LogP contribution in [0.15, 0.2) is 12.4 Å². The predicted molar refractivity (Wildman–Crippen MR) is 78.1 cm³/mol. The second-order valence-corrected chi connectivity index (χ2v) is 5.73. The lowest BCUT2D eigenvalue weighted by Crippen LogP contribution is -2.29. The van der Waals surface area contributed by atoms with Crippen molar-refractivity contribution in [2.45, 2.75) is 39.7 Å². The van der Waals surface area contributed by atoms with Gasteiger partial charge < -0.3 is 10.2 Å². The molecule has 1 aromatic rings. The molecule has 0 saturated heterocycles. The summed E-state index contributed by atoms with van der Waals surface area (Å²) in [6, 6.07) is 4.07. The van der Waals surface area contributed by atoms with Crippen LogP contribution in [0.4, 0.5) is 11.6 Å². The molecule has 0 unspecified atom stereocenters. The zero-order valence-electron chi connectivity index (χ0n) is 12.4. The lowest BCUT2D eigenvalue weighted by molar-refractivity contribution is 0.583. The number of nitrogens with zero attached hydrogens (tertiary/aromatic N) is 4. The van der Waals surface area contributed by atoms with Crippen LogP contribution in [0, 0.1) is 17.2 Å². The van der Waals surface area contributed by atoms with Gasteiger partial charge in [0.15, 0.2) is 0 Å². The number of hydrogen-bond acceptors (Lipinski definition) is 5. The van der Waals surface area contributed by atoms with Gasteiger partial charge in [0.25, 0.3) is 0 Å². The Morgan fingerprint density at radius 1 is 1.42 bits per heavy atom. The van der Waals surface area contributed by atoms with Gasteiger partial charge in [-0.3, -0.25) is 0 Å². The van der Waals surface area contributed by atoms with E-state index >= 15 is 0 Å². The molecule has 5 heteroatoms. The van der Waals surface area contributed by atoms with Crippen molar-refractivity contribution in [2.75, 3.05) is 23.8 Å². The molecule has 0 fully saturated rings. The molecule has 1 N–H and O–H groups in total. The van der Waals surface area contributed by atoms with Crippen LogP contribution in [0.25, 0.3) is 0 Å². The van der Waals surface area contributed by atoms with E-state index in [0.717, 1.165) is 18.8 Å². The van der Waals surface area contributed by atoms with Crippen LogP contribution in [-0.2, 0) is 0 Å². The Morgan fingerprint density at radius 2 is 2.11 bits per heavy atom. The molecule has 0 saturated carbocycles. The van der Waals surface area contributed by atoms with Gasteiger partial charge in [-0.2, -0.15) is 5.26 Å². The summed E-state index contributed by atoms with van der Waals surface area (Å²) in [6.45, 7) is 9.00. The molecule has 1 heterocycles. The molecule has 0 atom stereocenters. The Bertz CT molecular complexity index is 447. The summed E-state index contributed by atoms with van der Waals surface area (Å²) in [4.78, 5) is 10.5. The highest BCUT2D eigenvalue weighted by Crippen LogP contribution is 2.17. The van der Waals surface area contributed by atoms with Gasteiger partial charge in [-0.25, -0.2) is 9.97 Å². The highest BCUT2D eigenvalue weighted by atomic mass is 15.2. The molecule has 0 amide bonds. The highest BCUT2D eigenvalue weighted by molar-refractivity contribution is 5.49. The normalized spacial score (nSPS) is 11.2. The van der Waals surface area contributed by atoms with Crippen molar-refractivity contribution in [3.05, 3.63) is 12.4 Å². The van der Waals surface area contributed by atoms with Crippen LogP contribution >= 0.6 is 0 Å². The van der Waals surface area contributed by atoms with Gasteiger partial charge in [0.2, 0.25) is 0 Å². The van der Waals surface area contributed by atoms with Crippen molar-refractivity contribution in [3.8, 4) is 6.07 Å². The van der Waals surface area contributed by atoms with Crippen LogP contribution < -0.4 is 10.2 Å². The minimum Gasteiger partial charge on any atom is -0.360 e. The zero-order chi connectivity index (χ0) is 14.5. The summed E-state index contributed by atoms with van der Waals surface area (Å²) in [6.07, 6.45) is 2.64. The standard InChI is InChI=1S/C14H23N5/c1-11(2)6-7-19(5)13-8-12(16-10-17-13)18-14(3,4)9-15/h8,10-11H,6-7H2,1-5H3,(H,16,17,18). The maximum Gasteiger partial charge on any atom is 0.133 e. The topological polar surface area (TPSA) is 64.8 Å². The van der Waals surface area contributed by atoms with Crippen LogP contribution in [0.5, 0.6) is 0 Å². The van der Waals surface area contributed by atoms with Gasteiger partial charge in [0.05, 0.1) is 6.07 Å². The molecular weight excluding hydrogens is 238 g/mol. The number of anilines is 2. The van der Waals surface area contributed by atoms with Crippen molar-refractivity contribution in [3.63, 3.8) is 0 Å². The Labute approximate surface area is 115 Å². The Hall–Kier alpha value is -1.83. The lowest BCUT2D eigenvalue weighted by Gasteiger charge is -2.22. The van der Waals surface area contributed by atoms with Crippen molar-refractivity contribution in [1.29, 1.82) is 5.26 Å². The number of aromatic nitrogens is 2. The summed E-state index contributed by atoms with van der Waals surface area (Å²) in [5.74, 6) is 2.21. The fourth-order valence-electron chi connectivity index (χ4n) is 1.54. The largest absolute Gasteiger partial charge is 0.360 e. The first-order valence-electron chi connectivity index (χ1n) is 6.56. The molecule has 1 rings (SSSR count). The van der Waals surface area contributed by atoms with E-state index in [0.29, 0.717) is 11.7 Å². The molecule has 0 aliphatic rings. The van der Waals surface area contributed by atoms with Crippen molar-refractivity contribution in [1.82, 2.24) is 9.97 Å². The zero-order valence-corrected chi connectivity index (χ0v) is 12.4. The molecule has 0 radical (unpaired) electrons. The van der Waals surface area contributed by atoms with Crippen LogP contribution in [0.2, 0.25) is 0 Å². The molecule has 0 aliphatic carbocycles. The second kappa shape index (κ2) is 6.37. The number of nitrogens with one attached hydrogen (secondary N) is 1. The summed E-state index contributed by atoms with van der Waals surface area (Å²) in [5.41, 5.74) is -0.637. The van der Waals surface area contributed by atoms with Gasteiger partial charge in [0, 0.05) is 19.7 Å². The van der Waals surface area contributed by atoms with Gasteiger partial charge in [-0.1, -0.05) is 13.8 Å². The first-order chi connectivity index (χ1) is 8.84. The number of nitriles is 1. The smallest absolute Gasteiger partial charge is 0.133 e. The minimum atomic E-state index is -0.637. The lowest BCUT2D eigenvalue weighted by atomic mass is 10.1. The van der Waals surface area contributed by atoms with E-state index in [1.807, 2.05) is 27.0 Å². The summed E-state index contributed by atoms with van der Waals surface area (Å²) in [5, 5.41) is 12.1. The third kappa shape index (κ3) is 5.12. The van der Waals surface area contributed by atoms with E-state index in [9.17, 15) is 0 Å². The molecule has 104 valence electrons. The summed E-state index contributed by atoms with van der Waals surface area (Å²) in [7, 11) is 2.02. The van der Waals surface area contributed by atoms with Gasteiger partial charge >= 0.3 is 0 Å². The monoisotopic (exact) mass is 261 g/mol. The second-order valence-electron chi connectivity index (χ2n) is 5.73. The molecule has 0 spiro atoms. The number of rotatable bonds is 6. The Morgan fingerprint density at radius 3 is 2.68 bits per heavy atom. The van der Waals surface area contributed by atoms with E-state index < -0.39 is 5.54 Å². The minimum absolute atomic E-state index is 0.637. The number of hydrogen-bond donors (Lipinski definition) is 1. The maximum absolute atomic E-state index is 9.01. The van der Waals surface area contributed by atoms with Crippen LogP contribution in [0.1, 0.15) is 34.1 Å². The van der Waals surface area contributed by atoms with Gasteiger partial charge in [-0.15, -0.1) is 0 Å². The molecule has 0 aliphatic heterocycles. The quantitative estimate of drug-likeness (QED) is 0.853. The fourth-order valence-corrected chi connectivity index (χ4v) is 1.54. The van der Waals surface area contributed by atoms with E-state index in [1.165, 1.54) is 6.33 Å². The van der Waals surface area contributed by atoms with E-state index in [-0.39, 0.29) is 0 Å². The van der Waals surface area contributed by atoms with Crippen molar-refractivity contribution < 1.29 is 0 Å². The molecule has 0 bridgehead atoms. The summed E-state index contributed by atoms with van der Waals surface area (Å²) >= 11 is 0. The third-order valence-corrected chi connectivity index (χ3v) is 2.81. The average Bonchev–Trinajstić information content (AvgIpc) is 2.35. The van der Waals surface area contributed by atoms with Gasteiger partial charge in [-0.05, 0) is 26.2 Å². The Kier molecular flexibility index (Phi) is 5.11. The first kappa shape index (κ1) is 15.2. The van der Waals surface area contributed by atoms with Crippen LogP contribution in [-0.4, -0.2) is 29.1 Å². The van der Waals surface area contributed by atoms with E-state index in [4.69, 9.17) is 5.26 Å². The highest BCUT2D eigenvalue weighted by Gasteiger charge is 2.17. The fraction of sp³-hybridized carbons (Fsp3) is 0.643.